The average Bonchev–Trinajstić information content (AvgIpc) is 2.81. The van der Waals surface area contributed by atoms with Crippen molar-refractivity contribution < 1.29 is 132 Å². The van der Waals surface area contributed by atoms with E-state index in [1.807, 2.05) is 0 Å². The third-order valence-electron chi connectivity index (χ3n) is 5.25. The van der Waals surface area contributed by atoms with Crippen LogP contribution in [0.2, 0.25) is 0 Å². The second-order valence-electron chi connectivity index (χ2n) is 8.12. The van der Waals surface area contributed by atoms with E-state index in [2.05, 4.69) is 0 Å². The summed E-state index contributed by atoms with van der Waals surface area (Å²) in [4.78, 5) is 0. The minimum absolute atomic E-state index is 3.10. The summed E-state index contributed by atoms with van der Waals surface area (Å²) in [6, 6.07) is 0. The van der Waals surface area contributed by atoms with Crippen molar-refractivity contribution >= 4 is 0 Å². The lowest BCUT2D eigenvalue weighted by molar-refractivity contribution is -0.487. The Balaban J connectivity index is 7.53. The number of hydrogen-bond donors (Lipinski definition) is 0. The number of halogens is 30. The first-order valence-corrected chi connectivity index (χ1v) is 9.24. The molecule has 0 nitrogen and oxygen atoms in total. The summed E-state index contributed by atoms with van der Waals surface area (Å²) in [6.07, 6.45) is -8.30. The zero-order valence-corrected chi connectivity index (χ0v) is 18.9. The van der Waals surface area contributed by atoms with Crippen molar-refractivity contribution in [1.82, 2.24) is 0 Å². The highest BCUT2D eigenvalue weighted by Crippen LogP contribution is 2.69. The molecule has 0 unspecified atom stereocenters. The van der Waals surface area contributed by atoms with E-state index in [4.69, 9.17) is 0 Å². The maximum Gasteiger partial charge on any atom is 0.460 e. The van der Waals surface area contributed by atoms with Gasteiger partial charge in [0.1, 0.15) is 0 Å². The van der Waals surface area contributed by atoms with Gasteiger partial charge in [-0.05, 0) is 0 Å². The predicted molar refractivity (Wildman–Crippen MR) is 75.8 cm³/mol. The van der Waals surface area contributed by atoms with Gasteiger partial charge in [0, 0.05) is 0 Å². The monoisotopic (exact) mass is 751 g/mol. The topological polar surface area (TPSA) is 0 Å². The Hall–Kier alpha value is -2.10. The fourth-order valence-electron chi connectivity index (χ4n) is 2.43. The molecule has 0 fully saturated rings. The lowest BCUT2D eigenvalue weighted by atomic mass is 9.83. The van der Waals surface area contributed by atoms with Crippen LogP contribution >= 0.6 is 0 Å². The summed E-state index contributed by atoms with van der Waals surface area (Å²) in [6.45, 7) is -3.10. The molecule has 271 valence electrons. The molecule has 30 heteroatoms. The van der Waals surface area contributed by atoms with Gasteiger partial charge < -0.3 is 0 Å². The summed E-state index contributed by atoms with van der Waals surface area (Å²) in [5, 5.41) is 0. The van der Waals surface area contributed by atoms with Crippen molar-refractivity contribution in [3.8, 4) is 0 Å². The van der Waals surface area contributed by atoms with E-state index in [0.717, 1.165) is 0 Å². The Morgan fingerprint density at radius 2 is 0.333 bits per heavy atom. The number of alkyl halides is 29. The van der Waals surface area contributed by atoms with Gasteiger partial charge in [0.2, 0.25) is 6.67 Å². The molecule has 1 radical (unpaired) electrons. The van der Waals surface area contributed by atoms with Crippen molar-refractivity contribution in [3.63, 3.8) is 0 Å². The fourth-order valence-corrected chi connectivity index (χ4v) is 2.43. The minimum Gasteiger partial charge on any atom is -0.237 e. The second kappa shape index (κ2) is 10.2. The molecule has 0 saturated heterocycles. The Morgan fingerprint density at radius 3 is 0.467 bits per heavy atom. The summed E-state index contributed by atoms with van der Waals surface area (Å²) < 4.78 is 393. The highest BCUT2D eigenvalue weighted by molar-refractivity contribution is 5.21. The molecule has 0 aliphatic heterocycles. The minimum atomic E-state index is -9.96. The van der Waals surface area contributed by atoms with Gasteiger partial charge >= 0.3 is 83.2 Å². The van der Waals surface area contributed by atoms with Gasteiger partial charge in [0.15, 0.2) is 0 Å². The molecule has 0 spiro atoms. The van der Waals surface area contributed by atoms with E-state index >= 15 is 0 Å². The van der Waals surface area contributed by atoms with Gasteiger partial charge in [0.25, 0.3) is 0 Å². The van der Waals surface area contributed by atoms with E-state index < -0.39 is 89.8 Å². The van der Waals surface area contributed by atoms with Gasteiger partial charge in [-0.3, -0.25) is 0 Å². The first kappa shape index (κ1) is 42.9. The number of hydrogen-bond acceptors (Lipinski definition) is 0. The molecule has 0 bridgehead atoms. The lowest BCUT2D eigenvalue weighted by Gasteiger charge is -2.46. The molecule has 0 aliphatic carbocycles. The van der Waals surface area contributed by atoms with E-state index in [1.165, 1.54) is 0 Å². The van der Waals surface area contributed by atoms with Gasteiger partial charge in [-0.25, -0.2) is 4.39 Å². The Kier molecular flexibility index (Phi) is 9.72. The molecule has 0 N–H and O–H groups in total. The number of rotatable bonds is 13. The summed E-state index contributed by atoms with van der Waals surface area (Å²) in [7, 11) is 0. The Labute approximate surface area is 223 Å². The molecule has 0 aromatic heterocycles. The molecule has 0 rings (SSSR count). The van der Waals surface area contributed by atoms with Crippen molar-refractivity contribution in [2.24, 2.45) is 0 Å². The average molecular weight is 751 g/mol. The molecule has 0 saturated carbocycles. The molecule has 45 heavy (non-hydrogen) atoms. The van der Waals surface area contributed by atoms with Crippen molar-refractivity contribution in [2.75, 3.05) is 0 Å². The Bertz CT molecular complexity index is 1070. The molecule has 0 amide bonds. The van der Waals surface area contributed by atoms with Crippen LogP contribution < -0.4 is 0 Å². The molecular weight excluding hydrogens is 750 g/mol. The first-order chi connectivity index (χ1) is 18.8. The van der Waals surface area contributed by atoms with Gasteiger partial charge in [-0.2, -0.15) is 127 Å². The molecule has 0 aromatic carbocycles. The summed E-state index contributed by atoms with van der Waals surface area (Å²) in [5.74, 6) is -122. The van der Waals surface area contributed by atoms with Crippen molar-refractivity contribution in [3.05, 3.63) is 6.67 Å². The third kappa shape index (κ3) is 4.80. The van der Waals surface area contributed by atoms with Crippen LogP contribution in [0.4, 0.5) is 132 Å². The van der Waals surface area contributed by atoms with E-state index in [9.17, 15) is 132 Å². The lowest BCUT2D eigenvalue weighted by Crippen LogP contribution is -2.79. The predicted octanol–water partition coefficient (Wildman–Crippen LogP) is 9.94. The quantitative estimate of drug-likeness (QED) is 0.165. The van der Waals surface area contributed by atoms with E-state index in [-0.39, 0.29) is 0 Å². The second-order valence-corrected chi connectivity index (χ2v) is 8.12. The van der Waals surface area contributed by atoms with E-state index in [0.29, 0.717) is 0 Å². The summed E-state index contributed by atoms with van der Waals surface area (Å²) in [5.41, 5.74) is 0. The largest absolute Gasteiger partial charge is 0.460 e. The van der Waals surface area contributed by atoms with Crippen LogP contribution in [-0.2, 0) is 0 Å². The molecule has 0 atom stereocenters. The summed E-state index contributed by atoms with van der Waals surface area (Å²) >= 11 is 0. The third-order valence-corrected chi connectivity index (χ3v) is 5.25. The van der Waals surface area contributed by atoms with Crippen molar-refractivity contribution in [2.45, 2.75) is 83.2 Å². The van der Waals surface area contributed by atoms with Gasteiger partial charge in [0.05, 0.1) is 0 Å². The maximum absolute atomic E-state index is 13.6. The van der Waals surface area contributed by atoms with Crippen LogP contribution in [0.15, 0.2) is 0 Å². The standard InChI is InChI=1S/C15HF30/c16-1-2(17,18)3(19,20)4(21,22)5(23,24)6(25,26)7(27,28)8(29,30)9(31,32)10(33,34)11(35,36)12(37,38)13(39,40)14(41,42)15(43,44)45/h1H. The molecule has 0 aliphatic rings. The van der Waals surface area contributed by atoms with Crippen LogP contribution in [0, 0.1) is 6.67 Å². The van der Waals surface area contributed by atoms with Crippen LogP contribution in [0.1, 0.15) is 0 Å². The Morgan fingerprint density at radius 1 is 0.200 bits per heavy atom. The van der Waals surface area contributed by atoms with Gasteiger partial charge in [-0.15, -0.1) is 0 Å². The zero-order chi connectivity index (χ0) is 37.7. The smallest absolute Gasteiger partial charge is 0.237 e. The molecule has 0 heterocycles. The van der Waals surface area contributed by atoms with Crippen molar-refractivity contribution in [1.29, 1.82) is 0 Å². The first-order valence-electron chi connectivity index (χ1n) is 9.24. The van der Waals surface area contributed by atoms with Crippen LogP contribution in [0.5, 0.6) is 0 Å². The van der Waals surface area contributed by atoms with Crippen LogP contribution in [0.3, 0.4) is 0 Å². The highest BCUT2D eigenvalue weighted by atomic mass is 19.4. The fraction of sp³-hybridized carbons (Fsp3) is 0.933. The highest BCUT2D eigenvalue weighted by Gasteiger charge is 3.00. The van der Waals surface area contributed by atoms with Crippen LogP contribution in [0.25, 0.3) is 0 Å². The van der Waals surface area contributed by atoms with Crippen LogP contribution in [-0.4, -0.2) is 83.2 Å². The normalized spacial score (nSPS) is 17.2. The SMILES string of the molecule is F[CH]C(F)(F)C(F)(F)C(F)(F)C(F)(F)C(F)(F)C(F)(F)C(F)(F)C(F)(F)C(F)(F)C(F)(F)C(F)(F)C(F)(F)C(F)(F)C(F)(F)F. The van der Waals surface area contributed by atoms with E-state index in [1.54, 1.807) is 0 Å². The zero-order valence-electron chi connectivity index (χ0n) is 18.9. The van der Waals surface area contributed by atoms with Gasteiger partial charge in [-0.1, -0.05) is 0 Å². The molecule has 0 aromatic rings. The maximum atomic E-state index is 13.6. The molecular formula is C15HF30.